The molecule has 5 nitrogen and oxygen atoms in total. The van der Waals surface area contributed by atoms with Crippen LogP contribution < -0.4 is 16.0 Å². The van der Waals surface area contributed by atoms with E-state index in [1.165, 1.54) is 0 Å². The number of carbonyl (C=O) groups is 1. The fraction of sp³-hybridized carbons (Fsp3) is 0.200. The Morgan fingerprint density at radius 2 is 2.38 bits per heavy atom. The molecule has 0 aliphatic carbocycles. The summed E-state index contributed by atoms with van der Waals surface area (Å²) >= 11 is 5.80. The normalized spacial score (nSPS) is 9.31. The van der Waals surface area contributed by atoms with Crippen molar-refractivity contribution in [2.75, 3.05) is 6.61 Å². The highest BCUT2D eigenvalue weighted by atomic mass is 35.5. The number of hydrogen-bond acceptors (Lipinski definition) is 4. The van der Waals surface area contributed by atoms with Crippen LogP contribution in [0.1, 0.15) is 12.0 Å². The Labute approximate surface area is 97.7 Å². The van der Waals surface area contributed by atoms with Crippen molar-refractivity contribution in [1.82, 2.24) is 5.43 Å². The van der Waals surface area contributed by atoms with Crippen LogP contribution in [-0.2, 0) is 4.79 Å². The van der Waals surface area contributed by atoms with Crippen molar-refractivity contribution in [2.45, 2.75) is 6.42 Å². The minimum Gasteiger partial charge on any atom is -0.492 e. The number of nitrogens with one attached hydrogen (secondary N) is 1. The van der Waals surface area contributed by atoms with Crippen LogP contribution in [0.5, 0.6) is 5.75 Å². The quantitative estimate of drug-likeness (QED) is 0.466. The average Bonchev–Trinajstić information content (AvgIpc) is 2.29. The van der Waals surface area contributed by atoms with E-state index >= 15 is 0 Å². The molecule has 0 aromatic heterocycles. The number of amides is 1. The van der Waals surface area contributed by atoms with E-state index in [9.17, 15) is 4.79 Å². The minimum atomic E-state index is -0.333. The zero-order valence-electron chi connectivity index (χ0n) is 8.37. The fourth-order valence-corrected chi connectivity index (χ4v) is 1.27. The first-order valence-electron chi connectivity index (χ1n) is 4.50. The molecule has 1 rings (SSSR count). The van der Waals surface area contributed by atoms with Gasteiger partial charge in [-0.3, -0.25) is 10.2 Å². The number of benzene rings is 1. The van der Waals surface area contributed by atoms with Crippen molar-refractivity contribution in [3.8, 4) is 11.8 Å². The Bertz CT molecular complexity index is 429. The Kier molecular flexibility index (Phi) is 4.58. The van der Waals surface area contributed by atoms with Gasteiger partial charge in [0.1, 0.15) is 17.4 Å². The molecule has 16 heavy (non-hydrogen) atoms. The van der Waals surface area contributed by atoms with E-state index in [2.05, 4.69) is 0 Å². The third-order valence-corrected chi connectivity index (χ3v) is 2.15. The molecule has 0 aliphatic heterocycles. The molecule has 1 aromatic carbocycles. The van der Waals surface area contributed by atoms with Gasteiger partial charge < -0.3 is 4.74 Å². The number of nitriles is 1. The lowest BCUT2D eigenvalue weighted by Gasteiger charge is -2.07. The molecule has 0 unspecified atom stereocenters. The Morgan fingerprint density at radius 3 is 3.00 bits per heavy atom. The molecule has 0 bridgehead atoms. The second kappa shape index (κ2) is 5.95. The van der Waals surface area contributed by atoms with Crippen molar-refractivity contribution in [1.29, 1.82) is 5.26 Å². The summed E-state index contributed by atoms with van der Waals surface area (Å²) in [5.74, 6) is 4.93. The summed E-state index contributed by atoms with van der Waals surface area (Å²) in [6.07, 6.45) is 0.119. The van der Waals surface area contributed by atoms with Crippen molar-refractivity contribution in [3.63, 3.8) is 0 Å². The molecule has 0 spiro atoms. The number of carbonyl (C=O) groups excluding carboxylic acids is 1. The number of hydrazine groups is 1. The Morgan fingerprint density at radius 1 is 1.62 bits per heavy atom. The highest BCUT2D eigenvalue weighted by Gasteiger charge is 2.07. The molecule has 0 saturated heterocycles. The standard InChI is InChI=1S/C10H10ClN3O2/c11-8-2-1-3-9(7(8)6-12)16-5-4-10(15)14-13/h1-3H,4-5,13H2,(H,14,15). The van der Waals surface area contributed by atoms with Crippen LogP contribution in [-0.4, -0.2) is 12.5 Å². The summed E-state index contributed by atoms with van der Waals surface area (Å²) in [4.78, 5) is 10.8. The predicted octanol–water partition coefficient (Wildman–Crippen LogP) is 0.970. The molecule has 0 heterocycles. The van der Waals surface area contributed by atoms with E-state index in [1.807, 2.05) is 11.5 Å². The summed E-state index contributed by atoms with van der Waals surface area (Å²) in [6, 6.07) is 6.81. The monoisotopic (exact) mass is 239 g/mol. The third-order valence-electron chi connectivity index (χ3n) is 1.83. The summed E-state index contributed by atoms with van der Waals surface area (Å²) in [7, 11) is 0. The maximum absolute atomic E-state index is 10.8. The van der Waals surface area contributed by atoms with Crippen LogP contribution in [0.3, 0.4) is 0 Å². The first-order chi connectivity index (χ1) is 7.69. The van der Waals surface area contributed by atoms with Crippen LogP contribution in [0, 0.1) is 11.3 Å². The predicted molar refractivity (Wildman–Crippen MR) is 58.6 cm³/mol. The first-order valence-corrected chi connectivity index (χ1v) is 4.87. The lowest BCUT2D eigenvalue weighted by atomic mass is 10.2. The maximum atomic E-state index is 10.8. The van der Waals surface area contributed by atoms with Gasteiger partial charge in [0.15, 0.2) is 0 Å². The third kappa shape index (κ3) is 3.12. The molecular formula is C10H10ClN3O2. The number of hydrogen-bond donors (Lipinski definition) is 2. The second-order valence-corrected chi connectivity index (χ2v) is 3.30. The first kappa shape index (κ1) is 12.3. The smallest absolute Gasteiger partial charge is 0.237 e. The fourth-order valence-electron chi connectivity index (χ4n) is 1.06. The van der Waals surface area contributed by atoms with E-state index in [0.717, 1.165) is 0 Å². The van der Waals surface area contributed by atoms with Gasteiger partial charge in [0.25, 0.3) is 0 Å². The van der Waals surface area contributed by atoms with E-state index < -0.39 is 0 Å². The Hall–Kier alpha value is -1.77. The summed E-state index contributed by atoms with van der Waals surface area (Å²) in [5, 5.41) is 9.16. The molecule has 0 radical (unpaired) electrons. The van der Waals surface area contributed by atoms with Crippen LogP contribution in [0.2, 0.25) is 5.02 Å². The summed E-state index contributed by atoms with van der Waals surface area (Å²) in [5.41, 5.74) is 2.24. The summed E-state index contributed by atoms with van der Waals surface area (Å²) in [6.45, 7) is 0.137. The van der Waals surface area contributed by atoms with Gasteiger partial charge in [-0.05, 0) is 12.1 Å². The van der Waals surface area contributed by atoms with Crippen LogP contribution in [0.25, 0.3) is 0 Å². The molecular weight excluding hydrogens is 230 g/mol. The highest BCUT2D eigenvalue weighted by molar-refractivity contribution is 6.31. The van der Waals surface area contributed by atoms with Crippen LogP contribution in [0.4, 0.5) is 0 Å². The minimum absolute atomic E-state index is 0.119. The molecule has 1 aromatic rings. The zero-order chi connectivity index (χ0) is 12.0. The second-order valence-electron chi connectivity index (χ2n) is 2.89. The van der Waals surface area contributed by atoms with E-state index in [1.54, 1.807) is 18.2 Å². The number of ether oxygens (including phenoxy) is 1. The number of halogens is 1. The van der Waals surface area contributed by atoms with Crippen molar-refractivity contribution >= 4 is 17.5 Å². The molecule has 84 valence electrons. The van der Waals surface area contributed by atoms with Crippen molar-refractivity contribution in [3.05, 3.63) is 28.8 Å². The van der Waals surface area contributed by atoms with Gasteiger partial charge in [-0.1, -0.05) is 17.7 Å². The lowest BCUT2D eigenvalue weighted by Crippen LogP contribution is -2.31. The topological polar surface area (TPSA) is 88.1 Å². The zero-order valence-corrected chi connectivity index (χ0v) is 9.12. The van der Waals surface area contributed by atoms with Gasteiger partial charge in [-0.25, -0.2) is 5.84 Å². The largest absolute Gasteiger partial charge is 0.492 e. The number of nitrogens with two attached hydrogens (primary N) is 1. The number of nitrogens with zero attached hydrogens (tertiary/aromatic N) is 1. The molecule has 0 saturated carbocycles. The summed E-state index contributed by atoms with van der Waals surface area (Å²) < 4.78 is 5.26. The Balaban J connectivity index is 2.64. The van der Waals surface area contributed by atoms with Gasteiger partial charge in [0.05, 0.1) is 18.1 Å². The van der Waals surface area contributed by atoms with Crippen LogP contribution >= 0.6 is 11.6 Å². The van der Waals surface area contributed by atoms with Crippen LogP contribution in [0.15, 0.2) is 18.2 Å². The molecule has 1 amide bonds. The van der Waals surface area contributed by atoms with Crippen molar-refractivity contribution in [2.24, 2.45) is 5.84 Å². The highest BCUT2D eigenvalue weighted by Crippen LogP contribution is 2.25. The van der Waals surface area contributed by atoms with Gasteiger partial charge in [0.2, 0.25) is 5.91 Å². The maximum Gasteiger partial charge on any atom is 0.237 e. The SMILES string of the molecule is N#Cc1c(Cl)cccc1OCCC(=O)NN. The van der Waals surface area contributed by atoms with Gasteiger partial charge in [-0.2, -0.15) is 5.26 Å². The molecule has 6 heteroatoms. The van der Waals surface area contributed by atoms with Gasteiger partial charge >= 0.3 is 0 Å². The van der Waals surface area contributed by atoms with E-state index in [0.29, 0.717) is 10.8 Å². The van der Waals surface area contributed by atoms with Gasteiger partial charge in [-0.15, -0.1) is 0 Å². The van der Waals surface area contributed by atoms with Crippen molar-refractivity contribution < 1.29 is 9.53 Å². The number of rotatable bonds is 4. The lowest BCUT2D eigenvalue weighted by molar-refractivity contribution is -0.121. The average molecular weight is 240 g/mol. The molecule has 0 atom stereocenters. The van der Waals surface area contributed by atoms with E-state index in [4.69, 9.17) is 27.4 Å². The molecule has 0 fully saturated rings. The molecule has 0 aliphatic rings. The van der Waals surface area contributed by atoms with E-state index in [-0.39, 0.29) is 24.5 Å². The van der Waals surface area contributed by atoms with Gasteiger partial charge in [0, 0.05) is 0 Å². The molecule has 3 N–H and O–H groups in total.